The summed E-state index contributed by atoms with van der Waals surface area (Å²) in [6.45, 7) is 20.8. The molecular formula is C40H67N3O3. The maximum Gasteiger partial charge on any atom is 0.244 e. The molecule has 0 spiro atoms. The molecule has 1 atom stereocenters. The van der Waals surface area contributed by atoms with Crippen molar-refractivity contribution in [3.63, 3.8) is 0 Å². The molecule has 0 heterocycles. The molecule has 260 valence electrons. The largest absolute Gasteiger partial charge is 0.366 e. The fraction of sp³-hybridized carbons (Fsp3) is 0.825. The van der Waals surface area contributed by atoms with Crippen molar-refractivity contribution in [2.24, 2.45) is 57.5 Å². The average Bonchev–Trinajstić information content (AvgIpc) is 3.00. The van der Waals surface area contributed by atoms with Crippen molar-refractivity contribution in [3.8, 4) is 0 Å². The van der Waals surface area contributed by atoms with Crippen LogP contribution in [0.5, 0.6) is 0 Å². The van der Waals surface area contributed by atoms with E-state index in [-0.39, 0.29) is 45.8 Å². The minimum Gasteiger partial charge on any atom is -0.366 e. The van der Waals surface area contributed by atoms with Gasteiger partial charge in [-0.1, -0.05) is 68.7 Å². The highest BCUT2D eigenvalue weighted by atomic mass is 16.2. The lowest BCUT2D eigenvalue weighted by Gasteiger charge is -2.48. The Morgan fingerprint density at radius 3 is 1.61 bits per heavy atom. The Labute approximate surface area is 280 Å². The van der Waals surface area contributed by atoms with E-state index in [4.69, 9.17) is 5.73 Å². The predicted molar refractivity (Wildman–Crippen MR) is 188 cm³/mol. The molecule has 1 unspecified atom stereocenters. The van der Waals surface area contributed by atoms with Crippen LogP contribution in [0.1, 0.15) is 152 Å². The van der Waals surface area contributed by atoms with Crippen molar-refractivity contribution in [2.75, 3.05) is 0 Å². The summed E-state index contributed by atoms with van der Waals surface area (Å²) in [6.07, 6.45) is 17.3. The number of hydrogen-bond donors (Lipinski definition) is 3. The second-order valence-electron chi connectivity index (χ2n) is 18.5. The van der Waals surface area contributed by atoms with Crippen molar-refractivity contribution >= 4 is 17.7 Å². The van der Waals surface area contributed by atoms with Crippen LogP contribution in [0, 0.1) is 51.8 Å². The summed E-state index contributed by atoms with van der Waals surface area (Å²) in [7, 11) is 0. The monoisotopic (exact) mass is 638 g/mol. The summed E-state index contributed by atoms with van der Waals surface area (Å²) < 4.78 is 0. The van der Waals surface area contributed by atoms with Gasteiger partial charge in [0.15, 0.2) is 0 Å². The summed E-state index contributed by atoms with van der Waals surface area (Å²) in [5.74, 6) is 1.63. The van der Waals surface area contributed by atoms with Gasteiger partial charge in [0, 0.05) is 29.5 Å². The second-order valence-corrected chi connectivity index (χ2v) is 18.5. The van der Waals surface area contributed by atoms with Crippen molar-refractivity contribution in [1.29, 1.82) is 0 Å². The molecular weight excluding hydrogens is 570 g/mol. The minimum absolute atomic E-state index is 0.0229. The van der Waals surface area contributed by atoms with Gasteiger partial charge in [0.25, 0.3) is 0 Å². The lowest BCUT2D eigenvalue weighted by molar-refractivity contribution is -0.129. The minimum atomic E-state index is -0.745. The molecule has 4 N–H and O–H groups in total. The first-order valence-electron chi connectivity index (χ1n) is 18.7. The van der Waals surface area contributed by atoms with E-state index < -0.39 is 11.4 Å². The number of carbonyl (C=O) groups excluding carboxylic acids is 3. The molecule has 4 aliphatic carbocycles. The molecule has 4 aliphatic rings. The number of primary amides is 1. The zero-order valence-electron chi connectivity index (χ0n) is 30.8. The third-order valence-electron chi connectivity index (χ3n) is 13.3. The summed E-state index contributed by atoms with van der Waals surface area (Å²) in [6, 6.07) is 0. The van der Waals surface area contributed by atoms with Crippen LogP contribution in [0.3, 0.4) is 0 Å². The van der Waals surface area contributed by atoms with Crippen LogP contribution in [0.15, 0.2) is 23.4 Å². The van der Waals surface area contributed by atoms with Gasteiger partial charge in [-0.15, -0.1) is 0 Å². The number of allylic oxidation sites excluding steroid dienone is 1. The van der Waals surface area contributed by atoms with Gasteiger partial charge < -0.3 is 16.4 Å². The van der Waals surface area contributed by atoms with Crippen LogP contribution >= 0.6 is 0 Å². The van der Waals surface area contributed by atoms with Crippen LogP contribution in [-0.4, -0.2) is 23.3 Å². The van der Waals surface area contributed by atoms with Crippen LogP contribution in [0.4, 0.5) is 0 Å². The van der Waals surface area contributed by atoms with Gasteiger partial charge in [-0.2, -0.15) is 0 Å². The highest BCUT2D eigenvalue weighted by Gasteiger charge is 2.46. The fourth-order valence-electron chi connectivity index (χ4n) is 9.30. The first-order valence-corrected chi connectivity index (χ1v) is 18.7. The van der Waals surface area contributed by atoms with Crippen LogP contribution in [0.25, 0.3) is 0 Å². The number of rotatable bonds is 8. The Morgan fingerprint density at radius 1 is 0.717 bits per heavy atom. The van der Waals surface area contributed by atoms with Gasteiger partial charge >= 0.3 is 0 Å². The Morgan fingerprint density at radius 2 is 1.17 bits per heavy atom. The maximum atomic E-state index is 14.1. The fourth-order valence-corrected chi connectivity index (χ4v) is 9.30. The van der Waals surface area contributed by atoms with E-state index in [2.05, 4.69) is 79.0 Å². The first kappa shape index (κ1) is 36.7. The Hall–Kier alpha value is -2.11. The van der Waals surface area contributed by atoms with Crippen LogP contribution in [-0.2, 0) is 14.4 Å². The topological polar surface area (TPSA) is 101 Å². The summed E-state index contributed by atoms with van der Waals surface area (Å²) in [5.41, 5.74) is 7.12. The number of amides is 3. The molecule has 4 rings (SSSR count). The van der Waals surface area contributed by atoms with Crippen LogP contribution in [0.2, 0.25) is 0 Å². The molecule has 0 bridgehead atoms. The number of nitrogens with one attached hydrogen (secondary N) is 2. The third-order valence-corrected chi connectivity index (χ3v) is 13.3. The van der Waals surface area contributed by atoms with Gasteiger partial charge in [0.05, 0.1) is 5.54 Å². The molecule has 0 aromatic heterocycles. The lowest BCUT2D eigenvalue weighted by Crippen LogP contribution is -2.57. The van der Waals surface area contributed by atoms with E-state index in [1.54, 1.807) is 6.08 Å². The second kappa shape index (κ2) is 14.2. The first-order chi connectivity index (χ1) is 21.3. The predicted octanol–water partition coefficient (Wildman–Crippen LogP) is 8.60. The average molecular weight is 638 g/mol. The van der Waals surface area contributed by atoms with Crippen molar-refractivity contribution in [1.82, 2.24) is 10.6 Å². The van der Waals surface area contributed by atoms with E-state index in [1.807, 2.05) is 0 Å². The number of nitrogens with two attached hydrogens (primary N) is 1. The normalized spacial score (nSPS) is 33.0. The molecule has 0 aliphatic heterocycles. The van der Waals surface area contributed by atoms with E-state index in [1.165, 1.54) is 0 Å². The molecule has 0 radical (unpaired) electrons. The van der Waals surface area contributed by atoms with Gasteiger partial charge in [0.1, 0.15) is 0 Å². The molecule has 3 saturated carbocycles. The molecule has 0 saturated heterocycles. The molecule has 3 amide bonds. The molecule has 3 fully saturated rings. The molecule has 0 aromatic carbocycles. The zero-order valence-corrected chi connectivity index (χ0v) is 30.8. The molecule has 46 heavy (non-hydrogen) atoms. The van der Waals surface area contributed by atoms with E-state index in [0.717, 1.165) is 83.5 Å². The number of carbonyl (C=O) groups is 3. The van der Waals surface area contributed by atoms with E-state index >= 15 is 0 Å². The standard InChI is InChI=1S/C40H67N3O3/c1-10-39(8,9)31-19-21-32(22-20-31)40(43-36(46)27-13-17-30(18-14-27)38(5,6)7)24-28(34(41)44)23-33(25-40)42-35(45)26-11-15-29(16-12-26)37(2,3)4/h23,25-27,29-32H,10-22,24H2,1-9H3,(H2,41,44)(H,42,45)(H,43,46). The highest BCUT2D eigenvalue weighted by molar-refractivity contribution is 5.94. The SMILES string of the molecule is CCC(C)(C)C1CCC(C2(NC(=O)C3CCC(C(C)(C)C)CC3)C=C(NC(=O)C3CCC(C(C)(C)C)CC3)C=C(C(N)=O)C2)CC1. The lowest BCUT2D eigenvalue weighted by atomic mass is 9.62. The molecule has 6 heteroatoms. The zero-order chi connectivity index (χ0) is 34.1. The Bertz CT molecular complexity index is 1160. The summed E-state index contributed by atoms with van der Waals surface area (Å²) in [4.78, 5) is 40.6. The smallest absolute Gasteiger partial charge is 0.244 e. The molecule has 6 nitrogen and oxygen atoms in total. The van der Waals surface area contributed by atoms with E-state index in [0.29, 0.717) is 35.4 Å². The van der Waals surface area contributed by atoms with Gasteiger partial charge in [-0.05, 0) is 129 Å². The Kier molecular flexibility index (Phi) is 11.3. The summed E-state index contributed by atoms with van der Waals surface area (Å²) in [5, 5.41) is 6.79. The van der Waals surface area contributed by atoms with Crippen molar-refractivity contribution < 1.29 is 14.4 Å². The van der Waals surface area contributed by atoms with Crippen molar-refractivity contribution in [3.05, 3.63) is 23.4 Å². The van der Waals surface area contributed by atoms with Crippen molar-refractivity contribution in [2.45, 2.75) is 158 Å². The van der Waals surface area contributed by atoms with E-state index in [9.17, 15) is 14.4 Å². The van der Waals surface area contributed by atoms with Crippen LogP contribution < -0.4 is 16.4 Å². The summed E-state index contributed by atoms with van der Waals surface area (Å²) >= 11 is 0. The number of hydrogen-bond acceptors (Lipinski definition) is 3. The van der Waals surface area contributed by atoms with Gasteiger partial charge in [-0.25, -0.2) is 0 Å². The van der Waals surface area contributed by atoms with Gasteiger partial charge in [-0.3, -0.25) is 14.4 Å². The van der Waals surface area contributed by atoms with Gasteiger partial charge in [0.2, 0.25) is 17.7 Å². The Balaban J connectivity index is 1.59. The molecule has 0 aromatic rings. The quantitative estimate of drug-likeness (QED) is 0.248. The maximum absolute atomic E-state index is 14.1. The third kappa shape index (κ3) is 8.67. The highest BCUT2D eigenvalue weighted by Crippen LogP contribution is 2.48.